The molecule has 236 valence electrons. The summed E-state index contributed by atoms with van der Waals surface area (Å²) >= 11 is 0. The van der Waals surface area contributed by atoms with Crippen molar-refractivity contribution in [3.8, 4) is 11.1 Å². The molecule has 0 unspecified atom stereocenters. The van der Waals surface area contributed by atoms with E-state index in [1.165, 1.54) is 38.1 Å². The van der Waals surface area contributed by atoms with E-state index < -0.39 is 30.0 Å². The van der Waals surface area contributed by atoms with Crippen LogP contribution in [0.3, 0.4) is 0 Å². The average Bonchev–Trinajstić information content (AvgIpc) is 2.98. The highest BCUT2D eigenvalue weighted by atomic mass is 32.2. The first-order chi connectivity index (χ1) is 21.7. The maximum absolute atomic E-state index is 13.0. The molecule has 5 aliphatic rings. The Morgan fingerprint density at radius 3 is 1.78 bits per heavy atom. The number of hydrogen-bond donors (Lipinski definition) is 6. The molecular weight excluding hydrogens is 633 g/mol. The Bertz CT molecular complexity index is 2230. The summed E-state index contributed by atoms with van der Waals surface area (Å²) in [5, 5.41) is 11.8. The maximum atomic E-state index is 13.0. The summed E-state index contributed by atoms with van der Waals surface area (Å²) in [7, 11) is -9.73. The van der Waals surface area contributed by atoms with Crippen LogP contribution in [0, 0.1) is 0 Å². The lowest BCUT2D eigenvalue weighted by atomic mass is 9.86. The minimum Gasteiger partial charge on any atom is -0.381 e. The molecule has 0 aliphatic carbocycles. The van der Waals surface area contributed by atoms with Crippen LogP contribution in [0.5, 0.6) is 0 Å². The van der Waals surface area contributed by atoms with Gasteiger partial charge in [-0.1, -0.05) is 30.3 Å². The standard InChI is InChI=1S/C32H28N4O8S2/c1-17(37)35-23-6-3-20-15-33-22-8-10-25(30(14-22)46(42,43)44)31-28-13-24(36-18(2)38)7-4-21(28)16-34-32(31)26-9-5-19(27(20)12-23)11-29(26)45(39,40)41/h3-14,33-34H,15-16H2,1-2H3,(H,35,37)(H,36,38)(H,39,40,41)(H,42,43,44). The van der Waals surface area contributed by atoms with Crippen LogP contribution in [-0.2, 0) is 42.9 Å². The van der Waals surface area contributed by atoms with Crippen molar-refractivity contribution in [1.29, 1.82) is 0 Å². The Kier molecular flexibility index (Phi) is 7.68. The van der Waals surface area contributed by atoms with Gasteiger partial charge in [-0.05, 0) is 70.3 Å². The van der Waals surface area contributed by atoms with E-state index in [1.54, 1.807) is 48.5 Å². The molecule has 0 aromatic heterocycles. The number of carbonyl (C=O) groups excluding carboxylic acids is 2. The van der Waals surface area contributed by atoms with Gasteiger partial charge in [0.1, 0.15) is 9.79 Å². The van der Waals surface area contributed by atoms with Gasteiger partial charge in [0.05, 0.1) is 5.70 Å². The van der Waals surface area contributed by atoms with Crippen LogP contribution >= 0.6 is 0 Å². The summed E-state index contributed by atoms with van der Waals surface area (Å²) in [6, 6.07) is 19.0. The molecule has 6 N–H and O–H groups in total. The zero-order valence-corrected chi connectivity index (χ0v) is 26.1. The Hall–Kier alpha value is -5.02. The third-order valence-corrected chi connectivity index (χ3v) is 9.47. The predicted molar refractivity (Wildman–Crippen MR) is 173 cm³/mol. The number of fused-ring (bicyclic) bond motifs is 1. The first-order valence-corrected chi connectivity index (χ1v) is 16.8. The maximum Gasteiger partial charge on any atom is 0.295 e. The van der Waals surface area contributed by atoms with Gasteiger partial charge >= 0.3 is 0 Å². The summed E-state index contributed by atoms with van der Waals surface area (Å²) in [6.45, 7) is 3.02. The molecule has 5 aliphatic heterocycles. The lowest BCUT2D eigenvalue weighted by molar-refractivity contribution is -0.115. The van der Waals surface area contributed by atoms with Gasteiger partial charge in [-0.3, -0.25) is 18.7 Å². The van der Waals surface area contributed by atoms with Crippen LogP contribution in [0.2, 0.25) is 0 Å². The molecule has 0 fully saturated rings. The highest BCUT2D eigenvalue weighted by Gasteiger charge is 2.30. The monoisotopic (exact) mass is 660 g/mol. The lowest BCUT2D eigenvalue weighted by Gasteiger charge is -2.28. The van der Waals surface area contributed by atoms with Gasteiger partial charge in [-0.25, -0.2) is 0 Å². The number of hydrogen-bond acceptors (Lipinski definition) is 8. The fraction of sp³-hybridized carbons (Fsp3) is 0.125. The van der Waals surface area contributed by atoms with E-state index in [4.69, 9.17) is 0 Å². The van der Waals surface area contributed by atoms with Crippen molar-refractivity contribution in [1.82, 2.24) is 5.32 Å². The summed E-state index contributed by atoms with van der Waals surface area (Å²) in [5.41, 5.74) is 4.50. The van der Waals surface area contributed by atoms with E-state index in [2.05, 4.69) is 21.3 Å². The number of amides is 2. The first-order valence-electron chi connectivity index (χ1n) is 14.0. The molecule has 5 heterocycles. The van der Waals surface area contributed by atoms with Crippen molar-refractivity contribution in [2.75, 3.05) is 16.0 Å². The van der Waals surface area contributed by atoms with Crippen LogP contribution in [0.4, 0.5) is 17.1 Å². The highest BCUT2D eigenvalue weighted by molar-refractivity contribution is 7.86. The molecule has 2 amide bonds. The second-order valence-electron chi connectivity index (χ2n) is 10.9. The van der Waals surface area contributed by atoms with E-state index in [9.17, 15) is 35.5 Å². The van der Waals surface area contributed by atoms with Crippen LogP contribution in [0.15, 0.2) is 82.6 Å². The minimum atomic E-state index is -4.88. The Balaban J connectivity index is 1.74. The predicted octanol–water partition coefficient (Wildman–Crippen LogP) is 4.71. The van der Waals surface area contributed by atoms with Crippen LogP contribution in [0.25, 0.3) is 22.4 Å². The van der Waals surface area contributed by atoms with E-state index in [-0.39, 0.29) is 47.3 Å². The number of benzene rings is 4. The summed E-state index contributed by atoms with van der Waals surface area (Å²) in [5.74, 6) is -0.648. The quantitative estimate of drug-likeness (QED) is 0.167. The van der Waals surface area contributed by atoms with Crippen molar-refractivity contribution in [2.24, 2.45) is 0 Å². The van der Waals surface area contributed by atoms with E-state index in [0.29, 0.717) is 44.9 Å². The molecule has 4 aromatic rings. The van der Waals surface area contributed by atoms with Gasteiger partial charge < -0.3 is 21.3 Å². The zero-order chi connectivity index (χ0) is 33.0. The molecule has 0 radical (unpaired) electrons. The lowest BCUT2D eigenvalue weighted by Crippen LogP contribution is -2.23. The fourth-order valence-electron chi connectivity index (χ4n) is 5.80. The van der Waals surface area contributed by atoms with Crippen molar-refractivity contribution in [3.05, 3.63) is 101 Å². The Morgan fingerprint density at radius 1 is 0.630 bits per heavy atom. The normalized spacial score (nSPS) is 13.8. The third kappa shape index (κ3) is 5.98. The van der Waals surface area contributed by atoms with E-state index in [1.807, 2.05) is 0 Å². The first kappa shape index (κ1) is 31.0. The summed E-state index contributed by atoms with van der Waals surface area (Å²) in [4.78, 5) is 22.8. The van der Waals surface area contributed by atoms with Crippen molar-refractivity contribution >= 4 is 60.4 Å². The van der Waals surface area contributed by atoms with Crippen molar-refractivity contribution in [3.63, 3.8) is 0 Å². The Labute approximate surface area is 265 Å². The van der Waals surface area contributed by atoms with Gasteiger partial charge in [-0.15, -0.1) is 0 Å². The molecule has 4 aromatic carbocycles. The Morgan fingerprint density at radius 2 is 1.17 bits per heavy atom. The molecular formula is C32H28N4O8S2. The van der Waals surface area contributed by atoms with Crippen LogP contribution in [0.1, 0.15) is 41.7 Å². The van der Waals surface area contributed by atoms with Gasteiger partial charge in [0, 0.05) is 60.7 Å². The van der Waals surface area contributed by atoms with Crippen molar-refractivity contribution in [2.45, 2.75) is 36.7 Å². The molecule has 0 saturated carbocycles. The van der Waals surface area contributed by atoms with Gasteiger partial charge in [0.2, 0.25) is 11.8 Å². The van der Waals surface area contributed by atoms with Gasteiger partial charge in [-0.2, -0.15) is 16.8 Å². The summed E-state index contributed by atoms with van der Waals surface area (Å²) < 4.78 is 72.8. The largest absolute Gasteiger partial charge is 0.381 e. The topological polar surface area (TPSA) is 191 Å². The SMILES string of the molecule is CC(=O)Nc1ccc2c(c1)C1=C(NC2)c2ccc(cc2S(=O)(=O)O)-c2cc(NC(C)=O)ccc2CNc2ccc1c(S(=O)(=O)O)c2. The number of anilines is 3. The second-order valence-corrected chi connectivity index (χ2v) is 13.7. The number of carbonyl (C=O) groups is 2. The van der Waals surface area contributed by atoms with E-state index in [0.717, 1.165) is 0 Å². The molecule has 12 nitrogen and oxygen atoms in total. The molecule has 14 heteroatoms. The van der Waals surface area contributed by atoms with Crippen LogP contribution < -0.4 is 21.3 Å². The molecule has 46 heavy (non-hydrogen) atoms. The average molecular weight is 661 g/mol. The molecule has 9 rings (SSSR count). The number of nitrogens with one attached hydrogen (secondary N) is 4. The minimum absolute atomic E-state index is 0.0388. The van der Waals surface area contributed by atoms with Crippen LogP contribution in [-0.4, -0.2) is 37.8 Å². The second kappa shape index (κ2) is 11.4. The molecule has 4 bridgehead atoms. The molecule has 0 spiro atoms. The number of rotatable bonds is 4. The fourth-order valence-corrected chi connectivity index (χ4v) is 7.25. The smallest absolute Gasteiger partial charge is 0.295 e. The summed E-state index contributed by atoms with van der Waals surface area (Å²) in [6.07, 6.45) is 0. The third-order valence-electron chi connectivity index (χ3n) is 7.69. The van der Waals surface area contributed by atoms with E-state index >= 15 is 0 Å². The molecule has 0 atom stereocenters. The van der Waals surface area contributed by atoms with Gasteiger partial charge in [0.25, 0.3) is 20.2 Å². The molecule has 0 saturated heterocycles. The van der Waals surface area contributed by atoms with Crippen molar-refractivity contribution < 1.29 is 35.5 Å². The van der Waals surface area contributed by atoms with Gasteiger partial charge in [0.15, 0.2) is 0 Å². The highest BCUT2D eigenvalue weighted by Crippen LogP contribution is 2.43. The zero-order valence-electron chi connectivity index (χ0n) is 24.5.